The Morgan fingerprint density at radius 3 is 2.38 bits per heavy atom. The quantitative estimate of drug-likeness (QED) is 0.492. The fraction of sp³-hybridized carbons (Fsp3) is 0.0952. The summed E-state index contributed by atoms with van der Waals surface area (Å²) in [5, 5.41) is 16.2. The van der Waals surface area contributed by atoms with Gasteiger partial charge in [-0.05, 0) is 12.5 Å². The summed E-state index contributed by atoms with van der Waals surface area (Å²) >= 11 is 0. The number of aromatic nitrogens is 6. The molecule has 0 atom stereocenters. The van der Waals surface area contributed by atoms with Crippen LogP contribution in [0.2, 0.25) is 0 Å². The van der Waals surface area contributed by atoms with Crippen LogP contribution in [0.1, 0.15) is 17.0 Å². The second kappa shape index (κ2) is 6.52. The molecule has 142 valence electrons. The zero-order chi connectivity index (χ0) is 20.0. The molecular weight excluding hydrogens is 364 g/mol. The van der Waals surface area contributed by atoms with Gasteiger partial charge in [0.2, 0.25) is 5.95 Å². The number of hydrogen-bond donors (Lipinski definition) is 2. The summed E-state index contributed by atoms with van der Waals surface area (Å²) in [6.07, 6.45) is 0.698. The molecule has 0 radical (unpaired) electrons. The van der Waals surface area contributed by atoms with Crippen LogP contribution in [-0.4, -0.2) is 29.9 Å². The molecule has 5 rings (SSSR count). The van der Waals surface area contributed by atoms with Crippen molar-refractivity contribution in [2.45, 2.75) is 13.3 Å². The van der Waals surface area contributed by atoms with E-state index in [1.807, 2.05) is 43.3 Å². The molecule has 0 aliphatic heterocycles. The molecule has 0 amide bonds. The van der Waals surface area contributed by atoms with Gasteiger partial charge in [-0.2, -0.15) is 15.1 Å². The second-order valence-corrected chi connectivity index (χ2v) is 6.84. The predicted octanol–water partition coefficient (Wildman–Crippen LogP) is 2.82. The molecule has 0 aliphatic carbocycles. The van der Waals surface area contributed by atoms with E-state index >= 15 is 0 Å². The standard InChI is InChI=1S/C21H18N8/c1-12-17-18(22)24-21(23)25-19(17)28-29(12)20-15-10-6-5-9-14(15)16(26-27-20)11-13-7-3-2-4-8-13/h2-10H,11H2,1H3,(H4,22,23,24,25,28). The van der Waals surface area contributed by atoms with E-state index in [0.29, 0.717) is 29.1 Å². The first kappa shape index (κ1) is 17.1. The number of benzene rings is 2. The van der Waals surface area contributed by atoms with E-state index in [9.17, 15) is 0 Å². The Morgan fingerprint density at radius 2 is 1.59 bits per heavy atom. The van der Waals surface area contributed by atoms with Crippen molar-refractivity contribution >= 4 is 33.6 Å². The number of nitrogens with two attached hydrogens (primary N) is 2. The molecule has 8 nitrogen and oxygen atoms in total. The third kappa shape index (κ3) is 2.82. The molecule has 0 bridgehead atoms. The van der Waals surface area contributed by atoms with E-state index in [0.717, 1.165) is 22.2 Å². The third-order valence-electron chi connectivity index (χ3n) is 4.97. The number of rotatable bonds is 3. The highest BCUT2D eigenvalue weighted by molar-refractivity contribution is 5.93. The molecule has 2 aromatic carbocycles. The second-order valence-electron chi connectivity index (χ2n) is 6.84. The highest BCUT2D eigenvalue weighted by Gasteiger charge is 2.18. The van der Waals surface area contributed by atoms with Crippen molar-refractivity contribution in [2.24, 2.45) is 0 Å². The molecule has 0 spiro atoms. The maximum absolute atomic E-state index is 6.05. The summed E-state index contributed by atoms with van der Waals surface area (Å²) in [5.41, 5.74) is 15.1. The Morgan fingerprint density at radius 1 is 0.862 bits per heavy atom. The van der Waals surface area contributed by atoms with Crippen molar-refractivity contribution in [1.29, 1.82) is 0 Å². The van der Waals surface area contributed by atoms with Gasteiger partial charge in [0, 0.05) is 17.2 Å². The summed E-state index contributed by atoms with van der Waals surface area (Å²) < 4.78 is 1.71. The normalized spacial score (nSPS) is 11.3. The number of hydrogen-bond acceptors (Lipinski definition) is 7. The average Bonchev–Trinajstić information content (AvgIpc) is 3.05. The number of aryl methyl sites for hydroxylation is 1. The largest absolute Gasteiger partial charge is 0.383 e. The molecular formula is C21H18N8. The lowest BCUT2D eigenvalue weighted by atomic mass is 10.0. The summed E-state index contributed by atoms with van der Waals surface area (Å²) in [4.78, 5) is 8.25. The molecule has 0 saturated heterocycles. The van der Waals surface area contributed by atoms with E-state index in [1.54, 1.807) is 4.68 Å². The van der Waals surface area contributed by atoms with Gasteiger partial charge in [0.1, 0.15) is 5.82 Å². The number of anilines is 2. The lowest BCUT2D eigenvalue weighted by molar-refractivity contribution is 0.798. The Hall–Kier alpha value is -4.07. The molecule has 8 heteroatoms. The molecule has 0 fully saturated rings. The van der Waals surface area contributed by atoms with Crippen LogP contribution in [0, 0.1) is 6.92 Å². The van der Waals surface area contributed by atoms with Crippen molar-refractivity contribution in [1.82, 2.24) is 29.9 Å². The number of nitrogen functional groups attached to an aromatic ring is 2. The maximum Gasteiger partial charge on any atom is 0.224 e. The van der Waals surface area contributed by atoms with Gasteiger partial charge in [-0.3, -0.25) is 0 Å². The predicted molar refractivity (Wildman–Crippen MR) is 113 cm³/mol. The molecule has 29 heavy (non-hydrogen) atoms. The first-order valence-corrected chi connectivity index (χ1v) is 9.18. The topological polar surface area (TPSA) is 121 Å². The Kier molecular flexibility index (Phi) is 3.83. The minimum Gasteiger partial charge on any atom is -0.383 e. The van der Waals surface area contributed by atoms with Gasteiger partial charge >= 0.3 is 0 Å². The van der Waals surface area contributed by atoms with E-state index in [-0.39, 0.29) is 5.95 Å². The van der Waals surface area contributed by atoms with Crippen LogP contribution in [0.3, 0.4) is 0 Å². The monoisotopic (exact) mass is 382 g/mol. The van der Waals surface area contributed by atoms with Crippen LogP contribution in [0.15, 0.2) is 54.6 Å². The lowest BCUT2D eigenvalue weighted by Gasteiger charge is -2.10. The zero-order valence-electron chi connectivity index (χ0n) is 15.7. The Balaban J connectivity index is 1.71. The van der Waals surface area contributed by atoms with Crippen molar-refractivity contribution in [3.8, 4) is 5.82 Å². The molecule has 4 N–H and O–H groups in total. The fourth-order valence-corrected chi connectivity index (χ4v) is 3.61. The van der Waals surface area contributed by atoms with Crippen molar-refractivity contribution in [2.75, 3.05) is 11.5 Å². The van der Waals surface area contributed by atoms with Crippen LogP contribution in [0.4, 0.5) is 11.8 Å². The Bertz CT molecular complexity index is 1360. The zero-order valence-corrected chi connectivity index (χ0v) is 15.7. The molecule has 3 heterocycles. The Labute approximate surface area is 166 Å². The molecule has 3 aromatic heterocycles. The third-order valence-corrected chi connectivity index (χ3v) is 4.97. The highest BCUT2D eigenvalue weighted by atomic mass is 15.4. The first-order chi connectivity index (χ1) is 14.1. The van der Waals surface area contributed by atoms with Gasteiger partial charge in [-0.15, -0.1) is 10.2 Å². The van der Waals surface area contributed by atoms with Gasteiger partial charge in [0.05, 0.1) is 16.8 Å². The van der Waals surface area contributed by atoms with Crippen LogP contribution < -0.4 is 11.5 Å². The van der Waals surface area contributed by atoms with Gasteiger partial charge in [0.15, 0.2) is 11.5 Å². The summed E-state index contributed by atoms with van der Waals surface area (Å²) in [5.74, 6) is 1.01. The molecule has 0 unspecified atom stereocenters. The van der Waals surface area contributed by atoms with E-state index in [4.69, 9.17) is 11.5 Å². The van der Waals surface area contributed by atoms with Gasteiger partial charge in [-0.25, -0.2) is 4.68 Å². The van der Waals surface area contributed by atoms with Crippen molar-refractivity contribution < 1.29 is 0 Å². The summed E-state index contributed by atoms with van der Waals surface area (Å²) in [7, 11) is 0. The molecule has 5 aromatic rings. The van der Waals surface area contributed by atoms with Gasteiger partial charge in [-0.1, -0.05) is 54.6 Å². The van der Waals surface area contributed by atoms with Crippen LogP contribution in [-0.2, 0) is 6.42 Å². The van der Waals surface area contributed by atoms with E-state index < -0.39 is 0 Å². The first-order valence-electron chi connectivity index (χ1n) is 9.18. The van der Waals surface area contributed by atoms with Gasteiger partial charge < -0.3 is 11.5 Å². The minimum atomic E-state index is 0.0915. The van der Waals surface area contributed by atoms with Crippen LogP contribution in [0.5, 0.6) is 0 Å². The number of nitrogens with zero attached hydrogens (tertiary/aromatic N) is 6. The molecule has 0 saturated carbocycles. The van der Waals surface area contributed by atoms with E-state index in [1.165, 1.54) is 5.56 Å². The maximum atomic E-state index is 6.05. The van der Waals surface area contributed by atoms with Crippen LogP contribution in [0.25, 0.3) is 27.6 Å². The molecule has 0 aliphatic rings. The SMILES string of the molecule is Cc1c2c(N)nc(N)nc2nn1-c1nnc(Cc2ccccc2)c2ccccc12. The summed E-state index contributed by atoms with van der Waals surface area (Å²) in [6.45, 7) is 1.90. The summed E-state index contributed by atoms with van der Waals surface area (Å²) in [6, 6.07) is 18.3. The number of fused-ring (bicyclic) bond motifs is 2. The van der Waals surface area contributed by atoms with E-state index in [2.05, 4.69) is 43.5 Å². The van der Waals surface area contributed by atoms with Crippen LogP contribution >= 0.6 is 0 Å². The average molecular weight is 382 g/mol. The van der Waals surface area contributed by atoms with Crippen molar-refractivity contribution in [3.63, 3.8) is 0 Å². The minimum absolute atomic E-state index is 0.0915. The lowest BCUT2D eigenvalue weighted by Crippen LogP contribution is -2.07. The van der Waals surface area contributed by atoms with Gasteiger partial charge in [0.25, 0.3) is 0 Å². The van der Waals surface area contributed by atoms with Crippen molar-refractivity contribution in [3.05, 3.63) is 71.5 Å². The highest BCUT2D eigenvalue weighted by Crippen LogP contribution is 2.28. The smallest absolute Gasteiger partial charge is 0.224 e. The fourth-order valence-electron chi connectivity index (χ4n) is 3.61.